The predicted molar refractivity (Wildman–Crippen MR) is 63.2 cm³/mol. The first-order valence-electron chi connectivity index (χ1n) is 5.60. The van der Waals surface area contributed by atoms with E-state index in [2.05, 4.69) is 10.4 Å². The van der Waals surface area contributed by atoms with Crippen LogP contribution < -0.4 is 11.3 Å². The van der Waals surface area contributed by atoms with E-state index in [-0.39, 0.29) is 18.6 Å². The Morgan fingerprint density at radius 1 is 1.71 bits per heavy atom. The van der Waals surface area contributed by atoms with Gasteiger partial charge in [-0.3, -0.25) is 15.6 Å². The molecule has 1 aromatic rings. The molecule has 1 aromatic heterocycles. The average Bonchev–Trinajstić information content (AvgIpc) is 2.86. The second-order valence-electron chi connectivity index (χ2n) is 4.04. The molecule has 0 aromatic carbocycles. The molecule has 17 heavy (non-hydrogen) atoms. The molecule has 0 bridgehead atoms. The summed E-state index contributed by atoms with van der Waals surface area (Å²) >= 11 is 0. The summed E-state index contributed by atoms with van der Waals surface area (Å²) in [6.45, 7) is 0.667. The molecule has 1 unspecified atom stereocenters. The van der Waals surface area contributed by atoms with Gasteiger partial charge in [-0.25, -0.2) is 0 Å². The standard InChI is InChI=1S/C11H16N4O2/c12-14-10-3-4-13-6-9(10)11(17)15-5-1-2-8(15)7-16/h3-4,6,8,16H,1-2,5,7,12H2,(H,13,14). The van der Waals surface area contributed by atoms with Crippen LogP contribution in [0.4, 0.5) is 5.69 Å². The molecule has 6 heteroatoms. The molecule has 4 N–H and O–H groups in total. The quantitative estimate of drug-likeness (QED) is 0.506. The Morgan fingerprint density at radius 3 is 3.24 bits per heavy atom. The van der Waals surface area contributed by atoms with Crippen molar-refractivity contribution in [2.24, 2.45) is 5.84 Å². The van der Waals surface area contributed by atoms with Crippen molar-refractivity contribution in [1.82, 2.24) is 9.88 Å². The number of aliphatic hydroxyl groups is 1. The SMILES string of the molecule is NNc1ccncc1C(=O)N1CCCC1CO. The molecule has 0 radical (unpaired) electrons. The number of aliphatic hydroxyl groups excluding tert-OH is 1. The van der Waals surface area contributed by atoms with Gasteiger partial charge in [0, 0.05) is 18.9 Å². The highest BCUT2D eigenvalue weighted by Gasteiger charge is 2.29. The third-order valence-electron chi connectivity index (χ3n) is 3.06. The van der Waals surface area contributed by atoms with E-state index in [0.29, 0.717) is 17.8 Å². The zero-order valence-corrected chi connectivity index (χ0v) is 9.47. The van der Waals surface area contributed by atoms with Crippen LogP contribution in [-0.4, -0.2) is 40.1 Å². The minimum absolute atomic E-state index is 0.00259. The maximum atomic E-state index is 12.3. The van der Waals surface area contributed by atoms with Crippen molar-refractivity contribution >= 4 is 11.6 Å². The van der Waals surface area contributed by atoms with E-state index >= 15 is 0 Å². The monoisotopic (exact) mass is 236 g/mol. The number of nitrogens with one attached hydrogen (secondary N) is 1. The van der Waals surface area contributed by atoms with E-state index in [4.69, 9.17) is 5.84 Å². The number of nitrogens with two attached hydrogens (primary N) is 1. The molecule has 1 atom stereocenters. The summed E-state index contributed by atoms with van der Waals surface area (Å²) in [6, 6.07) is 1.56. The van der Waals surface area contributed by atoms with Crippen LogP contribution in [0, 0.1) is 0 Å². The number of carbonyl (C=O) groups is 1. The molecule has 1 fully saturated rings. The second kappa shape index (κ2) is 5.11. The van der Waals surface area contributed by atoms with Crippen molar-refractivity contribution in [2.75, 3.05) is 18.6 Å². The van der Waals surface area contributed by atoms with Gasteiger partial charge in [0.1, 0.15) is 0 Å². The lowest BCUT2D eigenvalue weighted by atomic mass is 10.2. The highest BCUT2D eigenvalue weighted by atomic mass is 16.3. The summed E-state index contributed by atoms with van der Waals surface area (Å²) in [6.07, 6.45) is 4.82. The van der Waals surface area contributed by atoms with Crippen LogP contribution in [0.15, 0.2) is 18.5 Å². The molecule has 1 aliphatic rings. The zero-order valence-electron chi connectivity index (χ0n) is 9.47. The zero-order chi connectivity index (χ0) is 12.3. The van der Waals surface area contributed by atoms with Crippen molar-refractivity contribution in [1.29, 1.82) is 0 Å². The molecule has 2 rings (SSSR count). The van der Waals surface area contributed by atoms with Crippen molar-refractivity contribution in [3.05, 3.63) is 24.0 Å². The molecule has 1 aliphatic heterocycles. The molecule has 92 valence electrons. The number of aromatic nitrogens is 1. The van der Waals surface area contributed by atoms with Gasteiger partial charge in [-0.15, -0.1) is 0 Å². The Balaban J connectivity index is 2.24. The third-order valence-corrected chi connectivity index (χ3v) is 3.06. The molecular weight excluding hydrogens is 220 g/mol. The molecule has 6 nitrogen and oxygen atoms in total. The maximum absolute atomic E-state index is 12.3. The first-order chi connectivity index (χ1) is 8.27. The van der Waals surface area contributed by atoms with Crippen LogP contribution in [0.25, 0.3) is 0 Å². The van der Waals surface area contributed by atoms with E-state index in [0.717, 1.165) is 12.8 Å². The van der Waals surface area contributed by atoms with Crippen molar-refractivity contribution in [3.8, 4) is 0 Å². The summed E-state index contributed by atoms with van der Waals surface area (Å²) in [5, 5.41) is 9.21. The van der Waals surface area contributed by atoms with Crippen LogP contribution in [0.5, 0.6) is 0 Å². The summed E-state index contributed by atoms with van der Waals surface area (Å²) in [4.78, 5) is 17.9. The first-order valence-corrected chi connectivity index (χ1v) is 5.60. The van der Waals surface area contributed by atoms with E-state index < -0.39 is 0 Å². The van der Waals surface area contributed by atoms with Gasteiger partial charge in [0.05, 0.1) is 23.9 Å². The van der Waals surface area contributed by atoms with E-state index in [9.17, 15) is 9.90 Å². The summed E-state index contributed by atoms with van der Waals surface area (Å²) in [5.41, 5.74) is 3.47. The lowest BCUT2D eigenvalue weighted by Gasteiger charge is -2.23. The van der Waals surface area contributed by atoms with E-state index in [1.54, 1.807) is 17.2 Å². The van der Waals surface area contributed by atoms with Gasteiger partial charge in [-0.1, -0.05) is 0 Å². The fourth-order valence-electron chi connectivity index (χ4n) is 2.14. The number of hydrogen-bond donors (Lipinski definition) is 3. The normalized spacial score (nSPS) is 19.4. The van der Waals surface area contributed by atoms with Crippen LogP contribution >= 0.6 is 0 Å². The van der Waals surface area contributed by atoms with Gasteiger partial charge >= 0.3 is 0 Å². The molecular formula is C11H16N4O2. The van der Waals surface area contributed by atoms with Gasteiger partial charge in [0.2, 0.25) is 0 Å². The number of hydrogen-bond acceptors (Lipinski definition) is 5. The van der Waals surface area contributed by atoms with Crippen LogP contribution in [0.2, 0.25) is 0 Å². The van der Waals surface area contributed by atoms with E-state index in [1.165, 1.54) is 6.20 Å². The summed E-state index contributed by atoms with van der Waals surface area (Å²) in [5.74, 6) is 5.22. The van der Waals surface area contributed by atoms with Crippen LogP contribution in [0.3, 0.4) is 0 Å². The maximum Gasteiger partial charge on any atom is 0.257 e. The lowest BCUT2D eigenvalue weighted by Crippen LogP contribution is -2.38. The number of nitrogen functional groups attached to an aromatic ring is 1. The number of rotatable bonds is 3. The van der Waals surface area contributed by atoms with Gasteiger partial charge < -0.3 is 15.4 Å². The van der Waals surface area contributed by atoms with Crippen LogP contribution in [-0.2, 0) is 0 Å². The number of likely N-dealkylation sites (tertiary alicyclic amines) is 1. The fraction of sp³-hybridized carbons (Fsp3) is 0.455. The largest absolute Gasteiger partial charge is 0.394 e. The van der Waals surface area contributed by atoms with Gasteiger partial charge in [0.25, 0.3) is 5.91 Å². The lowest BCUT2D eigenvalue weighted by molar-refractivity contribution is 0.0678. The number of carbonyl (C=O) groups excluding carboxylic acids is 1. The Bertz CT molecular complexity index is 410. The number of anilines is 1. The highest BCUT2D eigenvalue weighted by molar-refractivity contribution is 5.99. The molecule has 0 aliphatic carbocycles. The topological polar surface area (TPSA) is 91.5 Å². The average molecular weight is 236 g/mol. The van der Waals surface area contributed by atoms with Crippen molar-refractivity contribution < 1.29 is 9.90 Å². The number of hydrazine groups is 1. The Kier molecular flexibility index (Phi) is 3.55. The Labute approximate surface area is 99.4 Å². The van der Waals surface area contributed by atoms with Gasteiger partial charge in [-0.2, -0.15) is 0 Å². The second-order valence-corrected chi connectivity index (χ2v) is 4.04. The number of pyridine rings is 1. The summed E-state index contributed by atoms with van der Waals surface area (Å²) in [7, 11) is 0. The fourth-order valence-corrected chi connectivity index (χ4v) is 2.14. The molecule has 0 spiro atoms. The Morgan fingerprint density at radius 2 is 2.53 bits per heavy atom. The Hall–Kier alpha value is -1.66. The third kappa shape index (κ3) is 2.22. The minimum Gasteiger partial charge on any atom is -0.394 e. The van der Waals surface area contributed by atoms with Crippen LogP contribution in [0.1, 0.15) is 23.2 Å². The molecule has 1 amide bonds. The smallest absolute Gasteiger partial charge is 0.257 e. The highest BCUT2D eigenvalue weighted by Crippen LogP contribution is 2.22. The predicted octanol–water partition coefficient (Wildman–Crippen LogP) is -0.0359. The van der Waals surface area contributed by atoms with Gasteiger partial charge in [-0.05, 0) is 18.9 Å². The minimum atomic E-state index is -0.136. The number of nitrogens with zero attached hydrogens (tertiary/aromatic N) is 2. The first kappa shape index (κ1) is 11.8. The van der Waals surface area contributed by atoms with E-state index in [1.807, 2.05) is 0 Å². The molecule has 2 heterocycles. The molecule has 1 saturated heterocycles. The summed E-state index contributed by atoms with van der Waals surface area (Å²) < 4.78 is 0. The van der Waals surface area contributed by atoms with Crippen molar-refractivity contribution in [3.63, 3.8) is 0 Å². The van der Waals surface area contributed by atoms with Gasteiger partial charge in [0.15, 0.2) is 0 Å². The van der Waals surface area contributed by atoms with Crippen molar-refractivity contribution in [2.45, 2.75) is 18.9 Å². The number of amides is 1. The molecule has 0 saturated carbocycles.